The molecule has 1 amide bonds. The van der Waals surface area contributed by atoms with Crippen molar-refractivity contribution in [1.29, 1.82) is 0 Å². The number of benzene rings is 2. The minimum Gasteiger partial charge on any atom is -0.755 e. The molecule has 0 aliphatic rings. The monoisotopic (exact) mass is 526 g/mol. The van der Waals surface area contributed by atoms with E-state index in [1.807, 2.05) is 48.7 Å². The fourth-order valence-corrected chi connectivity index (χ4v) is 4.78. The highest BCUT2D eigenvalue weighted by atomic mass is 32.2. The van der Waals surface area contributed by atoms with E-state index in [9.17, 15) is 18.4 Å². The second-order valence-electron chi connectivity index (χ2n) is 7.91. The molecule has 4 aromatic rings. The fraction of sp³-hybridized carbons (Fsp3) is 0.208. The number of fused-ring (bicyclic) bond motifs is 1. The first-order valence-corrected chi connectivity index (χ1v) is 12.9. The summed E-state index contributed by atoms with van der Waals surface area (Å²) < 4.78 is 28.7. The van der Waals surface area contributed by atoms with Gasteiger partial charge in [-0.1, -0.05) is 30.3 Å². The third-order valence-electron chi connectivity index (χ3n) is 5.46. The van der Waals surface area contributed by atoms with Crippen molar-refractivity contribution in [1.82, 2.24) is 15.3 Å². The lowest BCUT2D eigenvalue weighted by Crippen LogP contribution is -2.30. The Morgan fingerprint density at radius 2 is 1.94 bits per heavy atom. The van der Waals surface area contributed by atoms with Crippen molar-refractivity contribution in [3.63, 3.8) is 0 Å². The number of hydrogen-bond donors (Lipinski definition) is 4. The highest BCUT2D eigenvalue weighted by Gasteiger charge is 2.23. The van der Waals surface area contributed by atoms with Gasteiger partial charge >= 0.3 is 5.97 Å². The van der Waals surface area contributed by atoms with Crippen LogP contribution in [0.25, 0.3) is 10.9 Å². The number of nitrogens with one attached hydrogen (secondary N) is 4. The van der Waals surface area contributed by atoms with Crippen LogP contribution >= 0.6 is 11.3 Å². The Kier molecular flexibility index (Phi) is 7.98. The molecule has 0 saturated heterocycles. The quantitative estimate of drug-likeness (QED) is 0.183. The van der Waals surface area contributed by atoms with E-state index in [0.29, 0.717) is 28.9 Å². The smallest absolute Gasteiger partial charge is 0.325 e. The van der Waals surface area contributed by atoms with Crippen molar-refractivity contribution in [3.8, 4) is 0 Å². The first kappa shape index (κ1) is 25.4. The molecule has 36 heavy (non-hydrogen) atoms. The zero-order valence-electron chi connectivity index (χ0n) is 19.5. The maximum atomic E-state index is 13.1. The van der Waals surface area contributed by atoms with Gasteiger partial charge in [0.15, 0.2) is 0 Å². The number of carbonyl (C=O) groups excluding carboxylic acids is 2. The second-order valence-corrected chi connectivity index (χ2v) is 9.64. The van der Waals surface area contributed by atoms with E-state index >= 15 is 0 Å². The number of carbonyl (C=O) groups is 2. The number of rotatable bonds is 10. The first-order chi connectivity index (χ1) is 17.3. The van der Waals surface area contributed by atoms with Gasteiger partial charge in [0.1, 0.15) is 12.4 Å². The molecular weight excluding hydrogens is 502 g/mol. The van der Waals surface area contributed by atoms with Gasteiger partial charge in [-0.15, -0.1) is 11.3 Å². The summed E-state index contributed by atoms with van der Waals surface area (Å²) in [6.07, 6.45) is 0.516. The van der Waals surface area contributed by atoms with Gasteiger partial charge in [0.05, 0.1) is 29.4 Å². The van der Waals surface area contributed by atoms with Crippen LogP contribution in [-0.4, -0.2) is 44.3 Å². The lowest BCUT2D eigenvalue weighted by Gasteiger charge is -2.19. The number of aromatic amines is 1. The van der Waals surface area contributed by atoms with Crippen LogP contribution in [0.4, 0.5) is 11.5 Å². The number of nitrogens with zero attached hydrogens (tertiary/aromatic N) is 1. The molecule has 0 spiro atoms. The van der Waals surface area contributed by atoms with Crippen LogP contribution in [0.5, 0.6) is 0 Å². The van der Waals surface area contributed by atoms with E-state index in [-0.39, 0.29) is 12.6 Å². The summed E-state index contributed by atoms with van der Waals surface area (Å²) in [5.41, 5.74) is 3.34. The molecule has 10 nitrogen and oxygen atoms in total. The number of hydrogen-bond acceptors (Lipinski definition) is 8. The standard InChI is InChI=1S/C24H25N5O5S2/c1-14-26-20(13-35-14)19(11-15-7-9-16(10-8-15)29-36(32)33)28-23-22(24(31)25-12-21(30)34-2)17-5-3-4-6-18(17)27-23/h3-10,13,19,27-29H,11-12H2,1-2H3,(H,25,31)(H,32,33)/p-1/t19-/m0/s1. The Balaban J connectivity index is 1.66. The lowest BCUT2D eigenvalue weighted by atomic mass is 10.0. The number of H-pyrrole nitrogens is 1. The number of esters is 1. The summed E-state index contributed by atoms with van der Waals surface area (Å²) in [4.78, 5) is 32.6. The lowest BCUT2D eigenvalue weighted by molar-refractivity contribution is -0.139. The molecule has 188 valence electrons. The van der Waals surface area contributed by atoms with Gasteiger partial charge in [-0.25, -0.2) is 4.98 Å². The van der Waals surface area contributed by atoms with E-state index in [1.54, 1.807) is 12.1 Å². The van der Waals surface area contributed by atoms with Gasteiger partial charge < -0.3 is 29.6 Å². The Morgan fingerprint density at radius 3 is 2.61 bits per heavy atom. The van der Waals surface area contributed by atoms with Gasteiger partial charge in [-0.05, 0) is 37.1 Å². The molecular formula is C24H24N5O5S2-. The molecule has 0 aliphatic carbocycles. The SMILES string of the molecule is COC(=O)CNC(=O)c1c(N[C@@H](Cc2ccc(NS(=O)[O-])cc2)c2csc(C)n2)[nH]c2ccccc12. The Bertz CT molecular complexity index is 1400. The average molecular weight is 527 g/mol. The van der Waals surface area contributed by atoms with Crippen LogP contribution in [0, 0.1) is 6.92 Å². The zero-order chi connectivity index (χ0) is 25.7. The molecule has 0 bridgehead atoms. The van der Waals surface area contributed by atoms with Crippen LogP contribution in [0.3, 0.4) is 0 Å². The van der Waals surface area contributed by atoms with Gasteiger partial charge in [0.2, 0.25) is 0 Å². The highest BCUT2D eigenvalue weighted by molar-refractivity contribution is 7.80. The Morgan fingerprint density at radius 1 is 1.19 bits per heavy atom. The molecule has 0 radical (unpaired) electrons. The second kappa shape index (κ2) is 11.3. The topological polar surface area (TPSA) is 148 Å². The number of para-hydroxylation sites is 1. The fourth-order valence-electron chi connectivity index (χ4n) is 3.78. The summed E-state index contributed by atoms with van der Waals surface area (Å²) in [6, 6.07) is 14.1. The molecule has 2 aromatic carbocycles. The number of ether oxygens (including phenoxy) is 1. The number of amides is 1. The van der Waals surface area contributed by atoms with Crippen molar-refractivity contribution in [2.45, 2.75) is 19.4 Å². The van der Waals surface area contributed by atoms with Gasteiger partial charge in [-0.2, -0.15) is 0 Å². The number of anilines is 2. The highest BCUT2D eigenvalue weighted by Crippen LogP contribution is 2.31. The van der Waals surface area contributed by atoms with Gasteiger partial charge in [-0.3, -0.25) is 13.8 Å². The maximum absolute atomic E-state index is 13.1. The Hall–Kier alpha value is -3.74. The molecule has 0 aliphatic heterocycles. The van der Waals surface area contributed by atoms with Crippen molar-refractivity contribution in [3.05, 3.63) is 75.7 Å². The van der Waals surface area contributed by atoms with Crippen LogP contribution in [0.15, 0.2) is 53.9 Å². The maximum Gasteiger partial charge on any atom is 0.325 e. The van der Waals surface area contributed by atoms with E-state index in [2.05, 4.69) is 30.1 Å². The molecule has 2 aromatic heterocycles. The van der Waals surface area contributed by atoms with Crippen LogP contribution in [0.2, 0.25) is 0 Å². The number of thiazole rings is 1. The molecule has 1 unspecified atom stereocenters. The van der Waals surface area contributed by atoms with E-state index in [0.717, 1.165) is 21.8 Å². The van der Waals surface area contributed by atoms with Crippen molar-refractivity contribution in [2.24, 2.45) is 0 Å². The van der Waals surface area contributed by atoms with Crippen molar-refractivity contribution in [2.75, 3.05) is 23.7 Å². The van der Waals surface area contributed by atoms with E-state index in [1.165, 1.54) is 18.4 Å². The predicted molar refractivity (Wildman–Crippen MR) is 139 cm³/mol. The summed E-state index contributed by atoms with van der Waals surface area (Å²) in [5, 5.41) is 9.63. The van der Waals surface area contributed by atoms with E-state index < -0.39 is 23.1 Å². The summed E-state index contributed by atoms with van der Waals surface area (Å²) in [5.74, 6) is -0.476. The summed E-state index contributed by atoms with van der Waals surface area (Å²) in [7, 11) is 1.26. The normalized spacial score (nSPS) is 12.6. The molecule has 0 saturated carbocycles. The third-order valence-corrected chi connectivity index (χ3v) is 6.66. The minimum absolute atomic E-state index is 0.252. The minimum atomic E-state index is -2.40. The first-order valence-electron chi connectivity index (χ1n) is 10.9. The number of aromatic nitrogens is 2. The van der Waals surface area contributed by atoms with Gasteiger partial charge in [0, 0.05) is 33.2 Å². The van der Waals surface area contributed by atoms with Crippen molar-refractivity contribution < 1.29 is 23.1 Å². The van der Waals surface area contributed by atoms with Crippen molar-refractivity contribution >= 4 is 56.9 Å². The molecule has 4 N–H and O–H groups in total. The average Bonchev–Trinajstić information content (AvgIpc) is 3.45. The number of methoxy groups -OCH3 is 1. The summed E-state index contributed by atoms with van der Waals surface area (Å²) >= 11 is -0.878. The molecule has 12 heteroatoms. The molecule has 2 heterocycles. The van der Waals surface area contributed by atoms with E-state index in [4.69, 9.17) is 0 Å². The van der Waals surface area contributed by atoms with Crippen LogP contribution in [0.1, 0.15) is 32.7 Å². The third kappa shape index (κ3) is 6.08. The summed E-state index contributed by atoms with van der Waals surface area (Å²) in [6.45, 7) is 1.67. The predicted octanol–water partition coefficient (Wildman–Crippen LogP) is 3.44. The molecule has 4 rings (SSSR count). The van der Waals surface area contributed by atoms with Crippen LogP contribution < -0.4 is 15.4 Å². The van der Waals surface area contributed by atoms with Gasteiger partial charge in [0.25, 0.3) is 5.91 Å². The largest absolute Gasteiger partial charge is 0.755 e. The molecule has 0 fully saturated rings. The van der Waals surface area contributed by atoms with Crippen LogP contribution in [-0.2, 0) is 27.2 Å². The Labute approximate surface area is 213 Å². The zero-order valence-corrected chi connectivity index (χ0v) is 21.1. The number of aryl methyl sites for hydroxylation is 1. The molecule has 2 atom stereocenters.